The van der Waals surface area contributed by atoms with Crippen LogP contribution in [0, 0.1) is 5.92 Å². The summed E-state index contributed by atoms with van der Waals surface area (Å²) in [5.41, 5.74) is 0.719. The van der Waals surface area contributed by atoms with Gasteiger partial charge in [-0.3, -0.25) is 9.59 Å². The molecule has 2 aromatic rings. The number of nitrogens with zero attached hydrogens (tertiary/aromatic N) is 1. The quantitative estimate of drug-likeness (QED) is 0.762. The van der Waals surface area contributed by atoms with Gasteiger partial charge in [0.2, 0.25) is 11.8 Å². The fraction of sp³-hybridized carbons (Fsp3) is 0.300. The number of halogens is 1. The summed E-state index contributed by atoms with van der Waals surface area (Å²) >= 11 is 5.87. The Kier molecular flexibility index (Phi) is 6.32. The molecule has 0 aromatic heterocycles. The molecule has 0 saturated carbocycles. The van der Waals surface area contributed by atoms with Gasteiger partial charge in [-0.25, -0.2) is 0 Å². The first-order chi connectivity index (χ1) is 13.0. The van der Waals surface area contributed by atoms with E-state index < -0.39 is 12.0 Å². The maximum atomic E-state index is 12.3. The third kappa shape index (κ3) is 5.21. The van der Waals surface area contributed by atoms with Crippen LogP contribution in [0.25, 0.3) is 0 Å². The van der Waals surface area contributed by atoms with Crippen molar-refractivity contribution >= 4 is 29.1 Å². The maximum absolute atomic E-state index is 12.3. The number of carbonyl (C=O) groups is 2. The van der Waals surface area contributed by atoms with Crippen LogP contribution >= 0.6 is 11.6 Å². The highest BCUT2D eigenvalue weighted by Gasteiger charge is 2.35. The molecule has 0 unspecified atom stereocenters. The molecule has 1 saturated heterocycles. The number of para-hydroxylation sites is 1. The van der Waals surface area contributed by atoms with Gasteiger partial charge in [0.15, 0.2) is 0 Å². The number of nitrogens with one attached hydrogen (secondary N) is 1. The molecule has 2 N–H and O–H groups in total. The highest BCUT2D eigenvalue weighted by molar-refractivity contribution is 6.30. The van der Waals surface area contributed by atoms with Gasteiger partial charge >= 0.3 is 0 Å². The van der Waals surface area contributed by atoms with Crippen molar-refractivity contribution in [2.45, 2.75) is 12.5 Å². The van der Waals surface area contributed by atoms with Gasteiger partial charge in [-0.15, -0.1) is 0 Å². The molecule has 0 aliphatic carbocycles. The number of ether oxygens (including phenoxy) is 1. The summed E-state index contributed by atoms with van der Waals surface area (Å²) in [7, 11) is 0. The molecule has 7 heteroatoms. The van der Waals surface area contributed by atoms with Crippen molar-refractivity contribution < 1.29 is 19.4 Å². The third-order valence-corrected chi connectivity index (χ3v) is 4.58. The van der Waals surface area contributed by atoms with Crippen molar-refractivity contribution in [3.05, 3.63) is 59.6 Å². The minimum absolute atomic E-state index is 0.0668. The Morgan fingerprint density at radius 1 is 1.22 bits per heavy atom. The monoisotopic (exact) mass is 388 g/mol. The topological polar surface area (TPSA) is 78.9 Å². The van der Waals surface area contributed by atoms with Crippen molar-refractivity contribution in [2.75, 3.05) is 24.6 Å². The summed E-state index contributed by atoms with van der Waals surface area (Å²) < 4.78 is 5.45. The normalized spacial score (nSPS) is 17.6. The second-order valence-electron chi connectivity index (χ2n) is 6.40. The minimum Gasteiger partial charge on any atom is -0.491 e. The number of hydrogen-bond donors (Lipinski definition) is 2. The molecular weight excluding hydrogens is 368 g/mol. The van der Waals surface area contributed by atoms with Crippen molar-refractivity contribution in [3.8, 4) is 5.75 Å². The van der Waals surface area contributed by atoms with E-state index in [1.54, 1.807) is 41.3 Å². The summed E-state index contributed by atoms with van der Waals surface area (Å²) in [6.45, 7) is 0.449. The molecule has 0 spiro atoms. The number of hydrogen-bond acceptors (Lipinski definition) is 4. The molecule has 1 fully saturated rings. The number of aliphatic hydroxyl groups excluding tert-OH is 1. The van der Waals surface area contributed by atoms with Crippen LogP contribution in [0.4, 0.5) is 5.69 Å². The van der Waals surface area contributed by atoms with E-state index in [0.717, 1.165) is 5.69 Å². The van der Waals surface area contributed by atoms with Crippen LogP contribution < -0.4 is 15.0 Å². The number of anilines is 1. The SMILES string of the molecule is O=C(NC[C@@H](O)COc1ccccc1)[C@H]1CC(=O)N(c2ccc(Cl)cc2)C1. The van der Waals surface area contributed by atoms with E-state index in [4.69, 9.17) is 16.3 Å². The van der Waals surface area contributed by atoms with Crippen LogP contribution in [0.3, 0.4) is 0 Å². The number of amides is 2. The van der Waals surface area contributed by atoms with E-state index in [1.807, 2.05) is 18.2 Å². The van der Waals surface area contributed by atoms with Gasteiger partial charge in [0.1, 0.15) is 18.5 Å². The van der Waals surface area contributed by atoms with Crippen LogP contribution in [0.5, 0.6) is 5.75 Å². The molecule has 1 aliphatic rings. The molecule has 142 valence electrons. The highest BCUT2D eigenvalue weighted by Crippen LogP contribution is 2.26. The molecule has 2 aromatic carbocycles. The largest absolute Gasteiger partial charge is 0.491 e. The van der Waals surface area contributed by atoms with Gasteiger partial charge < -0.3 is 20.1 Å². The lowest BCUT2D eigenvalue weighted by Crippen LogP contribution is -2.39. The number of benzene rings is 2. The molecule has 6 nitrogen and oxygen atoms in total. The first-order valence-corrected chi connectivity index (χ1v) is 9.10. The molecule has 1 aliphatic heterocycles. The van der Waals surface area contributed by atoms with Crippen molar-refractivity contribution in [2.24, 2.45) is 5.92 Å². The molecule has 1 heterocycles. The number of carbonyl (C=O) groups excluding carboxylic acids is 2. The first kappa shape index (κ1) is 19.2. The minimum atomic E-state index is -0.835. The van der Waals surface area contributed by atoms with E-state index >= 15 is 0 Å². The average molecular weight is 389 g/mol. The van der Waals surface area contributed by atoms with Gasteiger partial charge in [0.25, 0.3) is 0 Å². The fourth-order valence-electron chi connectivity index (χ4n) is 2.88. The van der Waals surface area contributed by atoms with Gasteiger partial charge in [0.05, 0.1) is 5.92 Å². The smallest absolute Gasteiger partial charge is 0.227 e. The maximum Gasteiger partial charge on any atom is 0.227 e. The van der Waals surface area contributed by atoms with Gasteiger partial charge in [-0.05, 0) is 36.4 Å². The first-order valence-electron chi connectivity index (χ1n) is 8.72. The second kappa shape index (κ2) is 8.88. The van der Waals surface area contributed by atoms with E-state index in [1.165, 1.54) is 0 Å². The predicted octanol–water partition coefficient (Wildman–Crippen LogP) is 2.25. The lowest BCUT2D eigenvalue weighted by molar-refractivity contribution is -0.126. The molecule has 2 atom stereocenters. The Morgan fingerprint density at radius 3 is 2.63 bits per heavy atom. The summed E-state index contributed by atoms with van der Waals surface area (Å²) in [5.74, 6) is -0.151. The molecule has 0 radical (unpaired) electrons. The Bertz CT molecular complexity index is 782. The zero-order valence-corrected chi connectivity index (χ0v) is 15.4. The molecule has 2 amide bonds. The van der Waals surface area contributed by atoms with E-state index in [0.29, 0.717) is 17.3 Å². The van der Waals surface area contributed by atoms with Crippen LogP contribution in [0.2, 0.25) is 5.02 Å². The van der Waals surface area contributed by atoms with Crippen LogP contribution in [-0.2, 0) is 9.59 Å². The second-order valence-corrected chi connectivity index (χ2v) is 6.84. The highest BCUT2D eigenvalue weighted by atomic mass is 35.5. The number of rotatable bonds is 7. The summed E-state index contributed by atoms with van der Waals surface area (Å²) in [4.78, 5) is 26.1. The van der Waals surface area contributed by atoms with E-state index in [2.05, 4.69) is 5.32 Å². The van der Waals surface area contributed by atoms with Crippen LogP contribution in [-0.4, -0.2) is 42.7 Å². The average Bonchev–Trinajstić information content (AvgIpc) is 3.07. The van der Waals surface area contributed by atoms with Crippen molar-refractivity contribution in [3.63, 3.8) is 0 Å². The Labute approximate surface area is 162 Å². The molecule has 0 bridgehead atoms. The zero-order chi connectivity index (χ0) is 19.2. The standard InChI is InChI=1S/C20H21ClN2O4/c21-15-6-8-16(9-7-15)23-12-14(10-19(23)25)20(26)22-11-17(24)13-27-18-4-2-1-3-5-18/h1-9,14,17,24H,10-13H2,(H,22,26)/t14-,17+/m0/s1. The molecule has 27 heavy (non-hydrogen) atoms. The van der Waals surface area contributed by atoms with E-state index in [-0.39, 0.29) is 31.4 Å². The lowest BCUT2D eigenvalue weighted by atomic mass is 10.1. The summed E-state index contributed by atoms with van der Waals surface area (Å²) in [5, 5.41) is 13.3. The third-order valence-electron chi connectivity index (χ3n) is 4.33. The van der Waals surface area contributed by atoms with Gasteiger partial charge in [0, 0.05) is 30.2 Å². The fourth-order valence-corrected chi connectivity index (χ4v) is 3.01. The van der Waals surface area contributed by atoms with Crippen LogP contribution in [0.1, 0.15) is 6.42 Å². The Morgan fingerprint density at radius 2 is 1.93 bits per heavy atom. The van der Waals surface area contributed by atoms with Crippen molar-refractivity contribution in [1.29, 1.82) is 0 Å². The molecular formula is C20H21ClN2O4. The van der Waals surface area contributed by atoms with E-state index in [9.17, 15) is 14.7 Å². The Hall–Kier alpha value is -2.57. The summed E-state index contributed by atoms with van der Waals surface area (Å²) in [6, 6.07) is 16.1. The lowest BCUT2D eigenvalue weighted by Gasteiger charge is -2.17. The predicted molar refractivity (Wildman–Crippen MR) is 103 cm³/mol. The van der Waals surface area contributed by atoms with Gasteiger partial charge in [-0.1, -0.05) is 29.8 Å². The molecule has 3 rings (SSSR count). The Balaban J connectivity index is 1.45. The van der Waals surface area contributed by atoms with Crippen molar-refractivity contribution in [1.82, 2.24) is 5.32 Å². The van der Waals surface area contributed by atoms with Crippen LogP contribution in [0.15, 0.2) is 54.6 Å². The zero-order valence-electron chi connectivity index (χ0n) is 14.7. The number of aliphatic hydroxyl groups is 1. The van der Waals surface area contributed by atoms with Gasteiger partial charge in [-0.2, -0.15) is 0 Å². The summed E-state index contributed by atoms with van der Waals surface area (Å²) in [6.07, 6.45) is -0.691.